The fourth-order valence-corrected chi connectivity index (χ4v) is 2.54. The van der Waals surface area contributed by atoms with Crippen LogP contribution in [0.15, 0.2) is 35.1 Å². The van der Waals surface area contributed by atoms with Gasteiger partial charge in [-0.3, -0.25) is 0 Å². The maximum Gasteiger partial charge on any atom is 0.254 e. The number of benzene rings is 1. The number of aromatic nitrogens is 4. The van der Waals surface area contributed by atoms with E-state index >= 15 is 0 Å². The topological polar surface area (TPSA) is 55.1 Å². The van der Waals surface area contributed by atoms with E-state index in [9.17, 15) is 0 Å². The summed E-state index contributed by atoms with van der Waals surface area (Å²) in [5, 5.41) is 8.11. The first-order valence-corrected chi connectivity index (χ1v) is 7.61. The molecule has 108 valence electrons. The van der Waals surface area contributed by atoms with Crippen LogP contribution in [0.3, 0.4) is 0 Å². The second kappa shape index (κ2) is 5.61. The van der Waals surface area contributed by atoms with Gasteiger partial charge in [0.05, 0.1) is 5.69 Å². The van der Waals surface area contributed by atoms with Crippen molar-refractivity contribution in [3.05, 3.63) is 51.3 Å². The summed E-state index contributed by atoms with van der Waals surface area (Å²) in [6.45, 7) is 3.92. The summed E-state index contributed by atoms with van der Waals surface area (Å²) in [5.41, 5.74) is 1.87. The van der Waals surface area contributed by atoms with E-state index in [0.717, 1.165) is 15.7 Å². The molecule has 0 fully saturated rings. The molecule has 0 aliphatic carbocycles. The molecule has 0 amide bonds. The molecule has 2 aromatic heterocycles. The van der Waals surface area contributed by atoms with E-state index in [1.165, 1.54) is 6.33 Å². The monoisotopic (exact) mass is 365 g/mol. The maximum absolute atomic E-state index is 6.36. The molecule has 2 heterocycles. The predicted molar refractivity (Wildman–Crippen MR) is 86.7 cm³/mol. The second-order valence-corrected chi connectivity index (χ2v) is 6.04. The minimum Gasteiger partial charge on any atom is -0.362 e. The molecular weight excluding hydrogens is 354 g/mol. The van der Waals surface area contributed by atoms with Gasteiger partial charge >= 0.3 is 0 Å². The smallest absolute Gasteiger partial charge is 0.254 e. The highest BCUT2D eigenvalue weighted by Crippen LogP contribution is 2.28. The first kappa shape index (κ1) is 14.3. The molecule has 0 bridgehead atoms. The lowest BCUT2D eigenvalue weighted by molar-refractivity contribution is 0.837. The van der Waals surface area contributed by atoms with Gasteiger partial charge in [-0.1, -0.05) is 39.7 Å². The lowest BCUT2D eigenvalue weighted by Crippen LogP contribution is -2.12. The summed E-state index contributed by atoms with van der Waals surface area (Å²) in [6, 6.07) is 8.21. The van der Waals surface area contributed by atoms with Crippen molar-refractivity contribution in [3.8, 4) is 0 Å². The molecule has 3 rings (SSSR count). The number of rotatable bonds is 3. The molecule has 1 N–H and O–H groups in total. The third-order valence-electron chi connectivity index (χ3n) is 3.26. The van der Waals surface area contributed by atoms with Gasteiger partial charge in [-0.2, -0.15) is 14.6 Å². The van der Waals surface area contributed by atoms with Gasteiger partial charge in [-0.05, 0) is 31.5 Å². The van der Waals surface area contributed by atoms with Crippen molar-refractivity contribution >= 4 is 39.1 Å². The summed E-state index contributed by atoms with van der Waals surface area (Å²) >= 11 is 9.80. The highest BCUT2D eigenvalue weighted by atomic mass is 79.9. The number of nitrogens with one attached hydrogen (secondary N) is 1. The highest BCUT2D eigenvalue weighted by Gasteiger charge is 2.15. The van der Waals surface area contributed by atoms with Gasteiger partial charge in [-0.15, -0.1) is 0 Å². The Balaban J connectivity index is 1.99. The molecule has 0 aliphatic rings. The zero-order valence-corrected chi connectivity index (χ0v) is 13.9. The van der Waals surface area contributed by atoms with E-state index in [4.69, 9.17) is 11.6 Å². The second-order valence-electron chi connectivity index (χ2n) is 4.75. The normalized spacial score (nSPS) is 12.6. The molecule has 0 unspecified atom stereocenters. The highest BCUT2D eigenvalue weighted by molar-refractivity contribution is 9.10. The van der Waals surface area contributed by atoms with Gasteiger partial charge in [0.25, 0.3) is 5.78 Å². The summed E-state index contributed by atoms with van der Waals surface area (Å²) in [5.74, 6) is 1.23. The van der Waals surface area contributed by atoms with Crippen LogP contribution in [0.1, 0.15) is 24.2 Å². The summed E-state index contributed by atoms with van der Waals surface area (Å²) in [6.07, 6.45) is 1.47. The molecular formula is C14H13BrClN5. The molecule has 0 radical (unpaired) electrons. The van der Waals surface area contributed by atoms with Crippen LogP contribution in [0.4, 0.5) is 5.82 Å². The zero-order chi connectivity index (χ0) is 15.0. The summed E-state index contributed by atoms with van der Waals surface area (Å²) < 4.78 is 2.67. The number of fused-ring (bicyclic) bond motifs is 1. The van der Waals surface area contributed by atoms with Crippen LogP contribution in [-0.4, -0.2) is 19.6 Å². The fraction of sp³-hybridized carbons (Fsp3) is 0.214. The number of halogens is 2. The lowest BCUT2D eigenvalue weighted by atomic mass is 10.1. The Kier molecular flexibility index (Phi) is 3.82. The van der Waals surface area contributed by atoms with Crippen molar-refractivity contribution in [3.63, 3.8) is 0 Å². The fourth-order valence-electron chi connectivity index (χ4n) is 2.10. The molecule has 0 saturated carbocycles. The van der Waals surface area contributed by atoms with Crippen LogP contribution in [-0.2, 0) is 0 Å². The number of hydrogen-bond acceptors (Lipinski definition) is 4. The number of anilines is 1. The van der Waals surface area contributed by atoms with Crippen LogP contribution < -0.4 is 5.32 Å². The van der Waals surface area contributed by atoms with Crippen LogP contribution in [0.2, 0.25) is 5.02 Å². The quantitative estimate of drug-likeness (QED) is 0.760. The van der Waals surface area contributed by atoms with Crippen molar-refractivity contribution in [2.24, 2.45) is 0 Å². The number of aryl methyl sites for hydroxylation is 1. The number of hydrogen-bond donors (Lipinski definition) is 1. The Morgan fingerprint density at radius 3 is 2.71 bits per heavy atom. The zero-order valence-electron chi connectivity index (χ0n) is 11.5. The standard InChI is InChI=1S/C14H13BrClN5/c1-8(10-3-5-11(15)6-4-10)19-13-12(16)9(2)20-14-17-7-18-21(13)14/h3-8,19H,1-2H3/t8-/m0/s1. The average Bonchev–Trinajstić information content (AvgIpc) is 2.92. The molecule has 5 nitrogen and oxygen atoms in total. The molecule has 1 atom stereocenters. The van der Waals surface area contributed by atoms with E-state index in [2.05, 4.69) is 55.4 Å². The SMILES string of the molecule is Cc1nc2ncnn2c(N[C@@H](C)c2ccc(Br)cc2)c1Cl. The van der Waals surface area contributed by atoms with E-state index in [1.807, 2.05) is 19.1 Å². The molecule has 7 heteroatoms. The van der Waals surface area contributed by atoms with E-state index in [-0.39, 0.29) is 6.04 Å². The van der Waals surface area contributed by atoms with Gasteiger partial charge < -0.3 is 5.32 Å². The third-order valence-corrected chi connectivity index (χ3v) is 4.24. The van der Waals surface area contributed by atoms with Gasteiger partial charge in [0, 0.05) is 10.5 Å². The third kappa shape index (κ3) is 2.73. The van der Waals surface area contributed by atoms with E-state index < -0.39 is 0 Å². The molecule has 21 heavy (non-hydrogen) atoms. The van der Waals surface area contributed by atoms with Crippen molar-refractivity contribution < 1.29 is 0 Å². The average molecular weight is 367 g/mol. The van der Waals surface area contributed by atoms with Gasteiger partial charge in [0.2, 0.25) is 0 Å². The van der Waals surface area contributed by atoms with Crippen LogP contribution in [0.5, 0.6) is 0 Å². The van der Waals surface area contributed by atoms with Crippen LogP contribution in [0.25, 0.3) is 5.78 Å². The molecule has 0 saturated heterocycles. The minimum atomic E-state index is 0.0739. The Morgan fingerprint density at radius 1 is 1.29 bits per heavy atom. The predicted octanol–water partition coefficient (Wildman–Crippen LogP) is 4.02. The minimum absolute atomic E-state index is 0.0739. The van der Waals surface area contributed by atoms with Gasteiger partial charge in [-0.25, -0.2) is 4.98 Å². The van der Waals surface area contributed by atoms with Crippen molar-refractivity contribution in [1.29, 1.82) is 0 Å². The van der Waals surface area contributed by atoms with Gasteiger partial charge in [0.15, 0.2) is 5.82 Å². The van der Waals surface area contributed by atoms with E-state index in [0.29, 0.717) is 16.6 Å². The van der Waals surface area contributed by atoms with Crippen LogP contribution >= 0.6 is 27.5 Å². The van der Waals surface area contributed by atoms with Crippen LogP contribution in [0, 0.1) is 6.92 Å². The lowest BCUT2D eigenvalue weighted by Gasteiger charge is -2.18. The Hall–Kier alpha value is -1.66. The van der Waals surface area contributed by atoms with Gasteiger partial charge in [0.1, 0.15) is 11.3 Å². The molecule has 3 aromatic rings. The first-order chi connectivity index (χ1) is 10.1. The Labute approximate surface area is 135 Å². The molecule has 1 aromatic carbocycles. The van der Waals surface area contributed by atoms with Crippen molar-refractivity contribution in [1.82, 2.24) is 19.6 Å². The van der Waals surface area contributed by atoms with E-state index in [1.54, 1.807) is 4.52 Å². The maximum atomic E-state index is 6.36. The van der Waals surface area contributed by atoms with Crippen molar-refractivity contribution in [2.75, 3.05) is 5.32 Å². The first-order valence-electron chi connectivity index (χ1n) is 6.44. The molecule has 0 aliphatic heterocycles. The summed E-state index contributed by atoms with van der Waals surface area (Å²) in [7, 11) is 0. The molecule has 0 spiro atoms. The Bertz CT molecular complexity index is 784. The summed E-state index contributed by atoms with van der Waals surface area (Å²) in [4.78, 5) is 8.41. The number of nitrogens with zero attached hydrogens (tertiary/aromatic N) is 4. The largest absolute Gasteiger partial charge is 0.362 e. The Morgan fingerprint density at radius 2 is 2.00 bits per heavy atom. The van der Waals surface area contributed by atoms with Crippen molar-refractivity contribution in [2.45, 2.75) is 19.9 Å².